The Morgan fingerprint density at radius 1 is 1.29 bits per heavy atom. The molecule has 3 N–H and O–H groups in total. The first-order chi connectivity index (χ1) is 10.1. The van der Waals surface area contributed by atoms with Crippen LogP contribution in [0.2, 0.25) is 0 Å². The predicted molar refractivity (Wildman–Crippen MR) is 84.4 cm³/mol. The van der Waals surface area contributed by atoms with Gasteiger partial charge >= 0.3 is 0 Å². The van der Waals surface area contributed by atoms with E-state index >= 15 is 0 Å². The van der Waals surface area contributed by atoms with Crippen molar-refractivity contribution in [2.45, 2.75) is 19.8 Å². The summed E-state index contributed by atoms with van der Waals surface area (Å²) < 4.78 is 12.4. The Hall–Kier alpha value is -2.37. The van der Waals surface area contributed by atoms with Crippen LogP contribution in [-0.4, -0.2) is 24.0 Å². The van der Waals surface area contributed by atoms with Gasteiger partial charge in [0.25, 0.3) is 0 Å². The van der Waals surface area contributed by atoms with Gasteiger partial charge in [-0.3, -0.25) is 4.68 Å². The molecule has 2 rings (SSSR count). The number of nitrogens with one attached hydrogen (secondary N) is 1. The number of rotatable bonds is 6. The summed E-state index contributed by atoms with van der Waals surface area (Å²) in [6.45, 7) is 2.10. The van der Waals surface area contributed by atoms with E-state index in [1.807, 2.05) is 25.2 Å². The third-order valence-corrected chi connectivity index (χ3v) is 3.31. The number of methoxy groups -OCH3 is 2. The molecular weight excluding hydrogens is 268 g/mol. The van der Waals surface area contributed by atoms with Crippen molar-refractivity contribution in [3.8, 4) is 11.5 Å². The van der Waals surface area contributed by atoms with Crippen molar-refractivity contribution in [2.75, 3.05) is 25.3 Å². The van der Waals surface area contributed by atoms with Crippen molar-refractivity contribution >= 4 is 17.2 Å². The minimum absolute atomic E-state index is 0.671. The maximum absolute atomic E-state index is 6.18. The minimum atomic E-state index is 0.671. The molecule has 0 unspecified atom stereocenters. The molecule has 0 saturated heterocycles. The SMILES string of the molecule is CCCc1nn(C)c(Nc2cc(OC)ccc2OC)c1N. The lowest BCUT2D eigenvalue weighted by Crippen LogP contribution is -2.03. The highest BCUT2D eigenvalue weighted by molar-refractivity contribution is 5.75. The van der Waals surface area contributed by atoms with Gasteiger partial charge in [-0.2, -0.15) is 5.10 Å². The molecule has 1 aromatic carbocycles. The fourth-order valence-corrected chi connectivity index (χ4v) is 2.20. The quantitative estimate of drug-likeness (QED) is 0.855. The molecule has 114 valence electrons. The van der Waals surface area contributed by atoms with Crippen LogP contribution in [0.3, 0.4) is 0 Å². The molecule has 0 aliphatic carbocycles. The van der Waals surface area contributed by atoms with Crippen LogP contribution >= 0.6 is 0 Å². The average Bonchev–Trinajstić information content (AvgIpc) is 2.75. The molecule has 0 atom stereocenters. The van der Waals surface area contributed by atoms with Crippen molar-refractivity contribution in [3.63, 3.8) is 0 Å². The Bertz CT molecular complexity index is 622. The van der Waals surface area contributed by atoms with E-state index in [0.717, 1.165) is 35.8 Å². The summed E-state index contributed by atoms with van der Waals surface area (Å²) in [6.07, 6.45) is 1.86. The van der Waals surface area contributed by atoms with Crippen LogP contribution < -0.4 is 20.5 Å². The van der Waals surface area contributed by atoms with Gasteiger partial charge in [0, 0.05) is 13.1 Å². The molecule has 0 bridgehead atoms. The number of hydrogen-bond donors (Lipinski definition) is 2. The minimum Gasteiger partial charge on any atom is -0.497 e. The average molecular weight is 290 g/mol. The molecule has 1 heterocycles. The highest BCUT2D eigenvalue weighted by atomic mass is 16.5. The van der Waals surface area contributed by atoms with E-state index in [2.05, 4.69) is 17.3 Å². The van der Waals surface area contributed by atoms with Crippen molar-refractivity contribution in [3.05, 3.63) is 23.9 Å². The second-order valence-corrected chi connectivity index (χ2v) is 4.77. The van der Waals surface area contributed by atoms with E-state index < -0.39 is 0 Å². The van der Waals surface area contributed by atoms with Crippen molar-refractivity contribution < 1.29 is 9.47 Å². The van der Waals surface area contributed by atoms with Crippen LogP contribution in [0.15, 0.2) is 18.2 Å². The van der Waals surface area contributed by atoms with Crippen LogP contribution in [0, 0.1) is 0 Å². The second kappa shape index (κ2) is 6.39. The first-order valence-corrected chi connectivity index (χ1v) is 6.91. The van der Waals surface area contributed by atoms with Crippen LogP contribution in [0.25, 0.3) is 0 Å². The van der Waals surface area contributed by atoms with Crippen LogP contribution in [0.5, 0.6) is 11.5 Å². The number of ether oxygens (including phenoxy) is 2. The topological polar surface area (TPSA) is 74.3 Å². The normalized spacial score (nSPS) is 10.5. The van der Waals surface area contributed by atoms with Gasteiger partial charge in [-0.1, -0.05) is 13.3 Å². The third-order valence-electron chi connectivity index (χ3n) is 3.31. The lowest BCUT2D eigenvalue weighted by atomic mass is 10.2. The third kappa shape index (κ3) is 3.04. The molecule has 0 fully saturated rings. The first kappa shape index (κ1) is 15.0. The van der Waals surface area contributed by atoms with E-state index in [0.29, 0.717) is 11.4 Å². The van der Waals surface area contributed by atoms with Crippen LogP contribution in [0.4, 0.5) is 17.2 Å². The molecule has 21 heavy (non-hydrogen) atoms. The summed E-state index contributed by atoms with van der Waals surface area (Å²) >= 11 is 0. The number of nitrogen functional groups attached to an aromatic ring is 1. The molecule has 6 nitrogen and oxygen atoms in total. The smallest absolute Gasteiger partial charge is 0.152 e. The molecule has 0 spiro atoms. The summed E-state index contributed by atoms with van der Waals surface area (Å²) in [5, 5.41) is 7.74. The number of benzene rings is 1. The Balaban J connectivity index is 2.37. The van der Waals surface area contributed by atoms with E-state index in [1.54, 1.807) is 18.9 Å². The number of anilines is 3. The monoisotopic (exact) mass is 290 g/mol. The van der Waals surface area contributed by atoms with Crippen molar-refractivity contribution in [2.24, 2.45) is 7.05 Å². The zero-order chi connectivity index (χ0) is 15.4. The molecule has 2 aromatic rings. The van der Waals surface area contributed by atoms with Crippen LogP contribution in [0.1, 0.15) is 19.0 Å². The molecule has 0 aliphatic rings. The molecule has 6 heteroatoms. The zero-order valence-corrected chi connectivity index (χ0v) is 12.9. The van der Waals surface area contributed by atoms with E-state index in [-0.39, 0.29) is 0 Å². The van der Waals surface area contributed by atoms with Gasteiger partial charge in [-0.25, -0.2) is 0 Å². The maximum atomic E-state index is 6.18. The Morgan fingerprint density at radius 2 is 2.05 bits per heavy atom. The Morgan fingerprint density at radius 3 is 2.67 bits per heavy atom. The Kier molecular flexibility index (Phi) is 4.57. The number of aromatic nitrogens is 2. The molecule has 1 aromatic heterocycles. The zero-order valence-electron chi connectivity index (χ0n) is 12.9. The maximum Gasteiger partial charge on any atom is 0.152 e. The lowest BCUT2D eigenvalue weighted by molar-refractivity contribution is 0.405. The fraction of sp³-hybridized carbons (Fsp3) is 0.400. The molecule has 0 aliphatic heterocycles. The van der Waals surface area contributed by atoms with Crippen LogP contribution in [-0.2, 0) is 13.5 Å². The van der Waals surface area contributed by atoms with Gasteiger partial charge in [0.15, 0.2) is 5.82 Å². The second-order valence-electron chi connectivity index (χ2n) is 4.77. The first-order valence-electron chi connectivity index (χ1n) is 6.91. The van der Waals surface area contributed by atoms with Gasteiger partial charge < -0.3 is 20.5 Å². The summed E-state index contributed by atoms with van der Waals surface area (Å²) in [6, 6.07) is 5.56. The molecular formula is C15H22N4O2. The highest BCUT2D eigenvalue weighted by Gasteiger charge is 2.15. The van der Waals surface area contributed by atoms with Crippen molar-refractivity contribution in [1.29, 1.82) is 0 Å². The summed E-state index contributed by atoms with van der Waals surface area (Å²) in [4.78, 5) is 0. The number of nitrogens with two attached hydrogens (primary N) is 1. The predicted octanol–water partition coefficient (Wildman–Crippen LogP) is 2.72. The largest absolute Gasteiger partial charge is 0.497 e. The molecule has 0 amide bonds. The Labute approximate surface area is 124 Å². The summed E-state index contributed by atoms with van der Waals surface area (Å²) in [5.41, 5.74) is 8.55. The molecule has 0 saturated carbocycles. The van der Waals surface area contributed by atoms with Gasteiger partial charge in [-0.05, 0) is 18.6 Å². The summed E-state index contributed by atoms with van der Waals surface area (Å²) in [5.74, 6) is 2.21. The number of aryl methyl sites for hydroxylation is 2. The number of nitrogens with zero attached hydrogens (tertiary/aromatic N) is 2. The summed E-state index contributed by atoms with van der Waals surface area (Å²) in [7, 11) is 5.12. The number of hydrogen-bond acceptors (Lipinski definition) is 5. The lowest BCUT2D eigenvalue weighted by Gasteiger charge is -2.13. The van der Waals surface area contributed by atoms with Gasteiger partial charge in [0.05, 0.1) is 31.3 Å². The standard InChI is InChI=1S/C15H22N4O2/c1-5-6-11-14(16)15(19(2)18-11)17-12-9-10(20-3)7-8-13(12)21-4/h7-9,17H,5-6,16H2,1-4H3. The fourth-order valence-electron chi connectivity index (χ4n) is 2.20. The molecule has 0 radical (unpaired) electrons. The van der Waals surface area contributed by atoms with Gasteiger partial charge in [-0.15, -0.1) is 0 Å². The highest BCUT2D eigenvalue weighted by Crippen LogP contribution is 2.34. The van der Waals surface area contributed by atoms with E-state index in [4.69, 9.17) is 15.2 Å². The van der Waals surface area contributed by atoms with Gasteiger partial charge in [0.1, 0.15) is 11.5 Å². The van der Waals surface area contributed by atoms with Gasteiger partial charge in [0.2, 0.25) is 0 Å². The van der Waals surface area contributed by atoms with Crippen molar-refractivity contribution in [1.82, 2.24) is 9.78 Å². The van der Waals surface area contributed by atoms with E-state index in [9.17, 15) is 0 Å². The van der Waals surface area contributed by atoms with E-state index in [1.165, 1.54) is 0 Å².